The normalized spacial score (nSPS) is 11.9. The molecule has 1 atom stereocenters. The number of carbonyl (C=O) groups excluding carboxylic acids is 1. The minimum atomic E-state index is -0.127. The van der Waals surface area contributed by atoms with Crippen LogP contribution in [0.4, 0.5) is 0 Å². The standard InChI is InChI=1S/C19H20ClN5O2S/c1-12-4-9-17(27-3)16(10-12)25-19(22-23-24-25)28-11-18(26)21-13(2)14-5-7-15(20)8-6-14/h4-10,13H,11H2,1-3H3,(H,21,26). The summed E-state index contributed by atoms with van der Waals surface area (Å²) >= 11 is 7.16. The van der Waals surface area contributed by atoms with Crippen molar-refractivity contribution in [1.29, 1.82) is 0 Å². The molecule has 28 heavy (non-hydrogen) atoms. The maximum Gasteiger partial charge on any atom is 0.230 e. The van der Waals surface area contributed by atoms with Gasteiger partial charge in [-0.15, -0.1) is 5.10 Å². The average molecular weight is 418 g/mol. The molecule has 3 aromatic rings. The number of rotatable bonds is 7. The van der Waals surface area contributed by atoms with Crippen molar-refractivity contribution < 1.29 is 9.53 Å². The van der Waals surface area contributed by atoms with Crippen LogP contribution in [0.15, 0.2) is 47.6 Å². The van der Waals surface area contributed by atoms with Crippen LogP contribution in [0.3, 0.4) is 0 Å². The molecule has 1 amide bonds. The molecule has 1 unspecified atom stereocenters. The summed E-state index contributed by atoms with van der Waals surface area (Å²) in [5.41, 5.74) is 2.76. The van der Waals surface area contributed by atoms with E-state index in [0.29, 0.717) is 15.9 Å². The second kappa shape index (κ2) is 9.07. The van der Waals surface area contributed by atoms with E-state index in [9.17, 15) is 4.79 Å². The number of tetrazole rings is 1. The molecule has 0 aliphatic rings. The van der Waals surface area contributed by atoms with Crippen molar-refractivity contribution in [3.8, 4) is 11.4 Å². The lowest BCUT2D eigenvalue weighted by Crippen LogP contribution is -2.28. The molecule has 0 aliphatic heterocycles. The summed E-state index contributed by atoms with van der Waals surface area (Å²) in [6.45, 7) is 3.90. The first kappa shape index (κ1) is 20.2. The van der Waals surface area contributed by atoms with Gasteiger partial charge in [-0.05, 0) is 59.7 Å². The number of halogens is 1. The lowest BCUT2D eigenvalue weighted by molar-refractivity contribution is -0.119. The maximum absolute atomic E-state index is 12.4. The second-order valence-electron chi connectivity index (χ2n) is 6.18. The van der Waals surface area contributed by atoms with Gasteiger partial charge in [0.25, 0.3) is 0 Å². The van der Waals surface area contributed by atoms with Gasteiger partial charge in [0.15, 0.2) is 0 Å². The molecule has 0 bridgehead atoms. The zero-order valence-corrected chi connectivity index (χ0v) is 17.3. The molecule has 0 saturated heterocycles. The number of methoxy groups -OCH3 is 1. The number of nitrogens with one attached hydrogen (secondary N) is 1. The van der Waals surface area contributed by atoms with Crippen LogP contribution < -0.4 is 10.1 Å². The first-order chi connectivity index (χ1) is 13.5. The Morgan fingerprint density at radius 1 is 1.29 bits per heavy atom. The predicted molar refractivity (Wildman–Crippen MR) is 109 cm³/mol. The molecule has 1 aromatic heterocycles. The summed E-state index contributed by atoms with van der Waals surface area (Å²) in [5, 5.41) is 16.0. The van der Waals surface area contributed by atoms with Crippen molar-refractivity contribution in [3.05, 3.63) is 58.6 Å². The van der Waals surface area contributed by atoms with Crippen LogP contribution in [0.1, 0.15) is 24.1 Å². The zero-order chi connectivity index (χ0) is 20.1. The Hall–Kier alpha value is -2.58. The van der Waals surface area contributed by atoms with Crippen LogP contribution in [-0.4, -0.2) is 39.0 Å². The molecule has 1 N–H and O–H groups in total. The zero-order valence-electron chi connectivity index (χ0n) is 15.7. The molecule has 0 spiro atoms. The summed E-state index contributed by atoms with van der Waals surface area (Å²) in [6.07, 6.45) is 0. The van der Waals surface area contributed by atoms with Crippen LogP contribution in [0.25, 0.3) is 5.69 Å². The Morgan fingerprint density at radius 2 is 2.04 bits per heavy atom. The van der Waals surface area contributed by atoms with Crippen molar-refractivity contribution >= 4 is 29.3 Å². The topological polar surface area (TPSA) is 81.9 Å². The molecule has 2 aromatic carbocycles. The summed E-state index contributed by atoms with van der Waals surface area (Å²) in [5.74, 6) is 0.727. The van der Waals surface area contributed by atoms with E-state index in [0.717, 1.165) is 16.8 Å². The van der Waals surface area contributed by atoms with E-state index in [4.69, 9.17) is 16.3 Å². The Bertz CT molecular complexity index is 961. The quantitative estimate of drug-likeness (QED) is 0.591. The van der Waals surface area contributed by atoms with Crippen LogP contribution in [0.5, 0.6) is 5.75 Å². The van der Waals surface area contributed by atoms with Gasteiger partial charge in [-0.3, -0.25) is 4.79 Å². The minimum Gasteiger partial charge on any atom is -0.494 e. The number of benzene rings is 2. The highest BCUT2D eigenvalue weighted by Gasteiger charge is 2.16. The van der Waals surface area contributed by atoms with E-state index in [1.165, 1.54) is 11.8 Å². The summed E-state index contributed by atoms with van der Waals surface area (Å²) < 4.78 is 6.98. The van der Waals surface area contributed by atoms with Gasteiger partial charge in [-0.25, -0.2) is 0 Å². The van der Waals surface area contributed by atoms with Crippen LogP contribution in [0, 0.1) is 6.92 Å². The van der Waals surface area contributed by atoms with Crippen molar-refractivity contribution in [2.45, 2.75) is 25.0 Å². The monoisotopic (exact) mass is 417 g/mol. The summed E-state index contributed by atoms with van der Waals surface area (Å²) in [7, 11) is 1.59. The van der Waals surface area contributed by atoms with Gasteiger partial charge in [0.1, 0.15) is 11.4 Å². The van der Waals surface area contributed by atoms with Crippen molar-refractivity contribution in [1.82, 2.24) is 25.5 Å². The molecule has 7 nitrogen and oxygen atoms in total. The first-order valence-electron chi connectivity index (χ1n) is 8.59. The Labute approximate surface area is 172 Å². The minimum absolute atomic E-state index is 0.113. The SMILES string of the molecule is COc1ccc(C)cc1-n1nnnc1SCC(=O)NC(C)c1ccc(Cl)cc1. The smallest absolute Gasteiger partial charge is 0.230 e. The van der Waals surface area contributed by atoms with E-state index in [1.54, 1.807) is 23.9 Å². The summed E-state index contributed by atoms with van der Waals surface area (Å²) in [6, 6.07) is 13.0. The fourth-order valence-corrected chi connectivity index (χ4v) is 3.45. The van der Waals surface area contributed by atoms with E-state index in [2.05, 4.69) is 20.8 Å². The number of hydrogen-bond acceptors (Lipinski definition) is 6. The molecular formula is C19H20ClN5O2S. The first-order valence-corrected chi connectivity index (χ1v) is 9.95. The van der Waals surface area contributed by atoms with Gasteiger partial charge in [-0.1, -0.05) is 41.6 Å². The van der Waals surface area contributed by atoms with Crippen molar-refractivity contribution in [3.63, 3.8) is 0 Å². The molecule has 146 valence electrons. The van der Waals surface area contributed by atoms with Crippen molar-refractivity contribution in [2.75, 3.05) is 12.9 Å². The Kier molecular flexibility index (Phi) is 6.53. The van der Waals surface area contributed by atoms with E-state index >= 15 is 0 Å². The molecule has 3 rings (SSSR count). The number of thioether (sulfide) groups is 1. The Morgan fingerprint density at radius 3 is 2.75 bits per heavy atom. The third kappa shape index (κ3) is 4.82. The average Bonchev–Trinajstić information content (AvgIpc) is 3.15. The number of nitrogens with zero attached hydrogens (tertiary/aromatic N) is 4. The van der Waals surface area contributed by atoms with Crippen molar-refractivity contribution in [2.24, 2.45) is 0 Å². The van der Waals surface area contributed by atoms with Gasteiger partial charge < -0.3 is 10.1 Å². The van der Waals surface area contributed by atoms with Crippen LogP contribution >= 0.6 is 23.4 Å². The number of aryl methyl sites for hydroxylation is 1. The molecule has 1 heterocycles. The largest absolute Gasteiger partial charge is 0.494 e. The van der Waals surface area contributed by atoms with E-state index in [1.807, 2.05) is 44.2 Å². The highest BCUT2D eigenvalue weighted by Crippen LogP contribution is 2.27. The Balaban J connectivity index is 1.66. The van der Waals surface area contributed by atoms with Gasteiger partial charge in [0.2, 0.25) is 11.1 Å². The second-order valence-corrected chi connectivity index (χ2v) is 7.56. The highest BCUT2D eigenvalue weighted by atomic mass is 35.5. The number of hydrogen-bond donors (Lipinski definition) is 1. The van der Waals surface area contributed by atoms with Gasteiger partial charge >= 0.3 is 0 Å². The third-order valence-electron chi connectivity index (χ3n) is 4.08. The van der Waals surface area contributed by atoms with Crippen LogP contribution in [0.2, 0.25) is 5.02 Å². The predicted octanol–water partition coefficient (Wildman–Crippen LogP) is 3.60. The molecular weight excluding hydrogens is 398 g/mol. The molecule has 9 heteroatoms. The molecule has 0 radical (unpaired) electrons. The number of aromatic nitrogens is 4. The molecule has 0 saturated carbocycles. The van der Waals surface area contributed by atoms with E-state index in [-0.39, 0.29) is 17.7 Å². The lowest BCUT2D eigenvalue weighted by atomic mass is 10.1. The fourth-order valence-electron chi connectivity index (χ4n) is 2.63. The third-order valence-corrected chi connectivity index (χ3v) is 5.25. The highest BCUT2D eigenvalue weighted by molar-refractivity contribution is 7.99. The maximum atomic E-state index is 12.4. The molecule has 0 aliphatic carbocycles. The summed E-state index contributed by atoms with van der Waals surface area (Å²) in [4.78, 5) is 12.4. The van der Waals surface area contributed by atoms with Gasteiger partial charge in [0.05, 0.1) is 18.9 Å². The fraction of sp³-hybridized carbons (Fsp3) is 0.263. The molecule has 0 fully saturated rings. The van der Waals surface area contributed by atoms with Gasteiger partial charge in [0, 0.05) is 5.02 Å². The van der Waals surface area contributed by atoms with Crippen LogP contribution in [-0.2, 0) is 4.79 Å². The lowest BCUT2D eigenvalue weighted by Gasteiger charge is -2.14. The number of amides is 1. The van der Waals surface area contributed by atoms with Gasteiger partial charge in [-0.2, -0.15) is 4.68 Å². The number of carbonyl (C=O) groups is 1. The number of ether oxygens (including phenoxy) is 1. The van der Waals surface area contributed by atoms with E-state index < -0.39 is 0 Å².